The molecule has 0 saturated carbocycles. The smallest absolute Gasteiger partial charge is 0.239 e. The first-order chi connectivity index (χ1) is 7.95. The molecule has 0 aromatic carbocycles. The highest BCUT2D eigenvalue weighted by molar-refractivity contribution is 7.09. The van der Waals surface area contributed by atoms with Crippen LogP contribution in [0.3, 0.4) is 0 Å². The number of thiazole rings is 1. The predicted molar refractivity (Wildman–Crippen MR) is 71.2 cm³/mol. The summed E-state index contributed by atoms with van der Waals surface area (Å²) < 4.78 is 0. The van der Waals surface area contributed by atoms with Gasteiger partial charge in [-0.15, -0.1) is 11.3 Å². The fraction of sp³-hybridized carbons (Fsp3) is 0.667. The summed E-state index contributed by atoms with van der Waals surface area (Å²) in [5, 5.41) is 6.37. The molecular weight excluding hydrogens is 234 g/mol. The Morgan fingerprint density at radius 3 is 2.71 bits per heavy atom. The lowest BCUT2D eigenvalue weighted by atomic mass is 10.2. The lowest BCUT2D eigenvalue weighted by Gasteiger charge is -2.23. The number of carbonyl (C=O) groups is 1. The average Bonchev–Trinajstić information content (AvgIpc) is 2.73. The van der Waals surface area contributed by atoms with E-state index in [1.807, 2.05) is 40.1 Å². The van der Waals surface area contributed by atoms with E-state index in [-0.39, 0.29) is 18.0 Å². The number of likely N-dealkylation sites (N-methyl/N-ethyl adjacent to an activating group) is 1. The van der Waals surface area contributed by atoms with Crippen molar-refractivity contribution >= 4 is 17.2 Å². The molecule has 4 nitrogen and oxygen atoms in total. The van der Waals surface area contributed by atoms with Gasteiger partial charge in [-0.25, -0.2) is 4.98 Å². The number of nitrogens with one attached hydrogen (secondary N) is 1. The van der Waals surface area contributed by atoms with Crippen molar-refractivity contribution in [3.05, 3.63) is 16.1 Å². The van der Waals surface area contributed by atoms with E-state index >= 15 is 0 Å². The molecule has 2 atom stereocenters. The lowest BCUT2D eigenvalue weighted by molar-refractivity contribution is -0.131. The van der Waals surface area contributed by atoms with Crippen LogP contribution in [-0.2, 0) is 4.79 Å². The fourth-order valence-electron chi connectivity index (χ4n) is 1.60. The standard InChI is InChI=1S/C12H21N3OS/c1-6-15(5)12(16)9(3)13-8(2)11-7-17-10(4)14-11/h7-9,13H,6H2,1-5H3. The first-order valence-electron chi connectivity index (χ1n) is 5.88. The molecule has 1 amide bonds. The maximum Gasteiger partial charge on any atom is 0.239 e. The van der Waals surface area contributed by atoms with E-state index < -0.39 is 0 Å². The maximum absolute atomic E-state index is 11.9. The van der Waals surface area contributed by atoms with Crippen molar-refractivity contribution in [1.29, 1.82) is 0 Å². The Morgan fingerprint density at radius 1 is 1.59 bits per heavy atom. The molecule has 2 unspecified atom stereocenters. The minimum absolute atomic E-state index is 0.101. The second kappa shape index (κ2) is 6.12. The van der Waals surface area contributed by atoms with Gasteiger partial charge < -0.3 is 4.90 Å². The number of hydrogen-bond donors (Lipinski definition) is 1. The Bertz CT molecular complexity index is 378. The van der Waals surface area contributed by atoms with Crippen molar-refractivity contribution in [1.82, 2.24) is 15.2 Å². The quantitative estimate of drug-likeness (QED) is 0.875. The van der Waals surface area contributed by atoms with Crippen LogP contribution in [0, 0.1) is 6.92 Å². The second-order valence-electron chi connectivity index (χ2n) is 4.25. The van der Waals surface area contributed by atoms with E-state index in [1.54, 1.807) is 16.2 Å². The predicted octanol–water partition coefficient (Wildman–Crippen LogP) is 1.97. The zero-order valence-electron chi connectivity index (χ0n) is 11.2. The van der Waals surface area contributed by atoms with Crippen LogP contribution in [0.1, 0.15) is 37.5 Å². The van der Waals surface area contributed by atoms with Crippen molar-refractivity contribution in [2.45, 2.75) is 39.8 Å². The molecule has 96 valence electrons. The number of aromatic nitrogens is 1. The zero-order valence-corrected chi connectivity index (χ0v) is 12.0. The largest absolute Gasteiger partial charge is 0.345 e. The Kier molecular flexibility index (Phi) is 5.08. The van der Waals surface area contributed by atoms with E-state index in [2.05, 4.69) is 10.3 Å². The van der Waals surface area contributed by atoms with Crippen LogP contribution in [0.4, 0.5) is 0 Å². The van der Waals surface area contributed by atoms with Crippen molar-refractivity contribution in [2.75, 3.05) is 13.6 Å². The van der Waals surface area contributed by atoms with Gasteiger partial charge in [0.15, 0.2) is 0 Å². The van der Waals surface area contributed by atoms with Crippen molar-refractivity contribution in [3.63, 3.8) is 0 Å². The van der Waals surface area contributed by atoms with Crippen LogP contribution < -0.4 is 5.32 Å². The van der Waals surface area contributed by atoms with E-state index in [0.29, 0.717) is 0 Å². The molecule has 0 bridgehead atoms. The van der Waals surface area contributed by atoms with Crippen molar-refractivity contribution < 1.29 is 4.79 Å². The molecule has 1 heterocycles. The lowest BCUT2D eigenvalue weighted by Crippen LogP contribution is -2.43. The number of nitrogens with zero attached hydrogens (tertiary/aromatic N) is 2. The molecule has 0 fully saturated rings. The zero-order chi connectivity index (χ0) is 13.0. The summed E-state index contributed by atoms with van der Waals surface area (Å²) in [6.07, 6.45) is 0. The topological polar surface area (TPSA) is 45.2 Å². The molecule has 0 saturated heterocycles. The molecule has 0 aliphatic rings. The summed E-state index contributed by atoms with van der Waals surface area (Å²) in [4.78, 5) is 18.0. The Hall–Kier alpha value is -0.940. The molecule has 1 aromatic rings. The summed E-state index contributed by atoms with van der Waals surface area (Å²) in [6, 6.07) is -0.0823. The second-order valence-corrected chi connectivity index (χ2v) is 5.32. The van der Waals surface area contributed by atoms with E-state index in [1.165, 1.54) is 0 Å². The normalized spacial score (nSPS) is 14.4. The van der Waals surface area contributed by atoms with Gasteiger partial charge in [0, 0.05) is 25.0 Å². The molecule has 17 heavy (non-hydrogen) atoms. The number of hydrogen-bond acceptors (Lipinski definition) is 4. The van der Waals surface area contributed by atoms with Crippen LogP contribution >= 0.6 is 11.3 Å². The number of carbonyl (C=O) groups excluding carboxylic acids is 1. The maximum atomic E-state index is 11.9. The van der Waals surface area contributed by atoms with Gasteiger partial charge in [-0.2, -0.15) is 0 Å². The van der Waals surface area contributed by atoms with Crippen LogP contribution in [0.5, 0.6) is 0 Å². The van der Waals surface area contributed by atoms with Gasteiger partial charge in [-0.05, 0) is 27.7 Å². The molecule has 0 aliphatic carbocycles. The van der Waals surface area contributed by atoms with Gasteiger partial charge in [-0.3, -0.25) is 10.1 Å². The fourth-order valence-corrected chi connectivity index (χ4v) is 2.30. The third-order valence-corrected chi connectivity index (χ3v) is 3.59. The molecule has 5 heteroatoms. The molecule has 1 aromatic heterocycles. The Balaban J connectivity index is 2.56. The monoisotopic (exact) mass is 255 g/mol. The van der Waals surface area contributed by atoms with Crippen molar-refractivity contribution in [3.8, 4) is 0 Å². The Labute approximate surface area is 107 Å². The van der Waals surface area contributed by atoms with Gasteiger partial charge in [-0.1, -0.05) is 0 Å². The van der Waals surface area contributed by atoms with Gasteiger partial charge in [0.05, 0.1) is 16.7 Å². The van der Waals surface area contributed by atoms with Gasteiger partial charge >= 0.3 is 0 Å². The van der Waals surface area contributed by atoms with E-state index in [4.69, 9.17) is 0 Å². The highest BCUT2D eigenvalue weighted by atomic mass is 32.1. The number of amides is 1. The van der Waals surface area contributed by atoms with Crippen LogP contribution in [0.25, 0.3) is 0 Å². The summed E-state index contributed by atoms with van der Waals surface area (Å²) in [7, 11) is 1.82. The minimum atomic E-state index is -0.183. The van der Waals surface area contributed by atoms with Crippen molar-refractivity contribution in [2.24, 2.45) is 0 Å². The molecule has 0 aliphatic heterocycles. The number of rotatable bonds is 5. The summed E-state index contributed by atoms with van der Waals surface area (Å²) in [6.45, 7) is 8.61. The SMILES string of the molecule is CCN(C)C(=O)C(C)NC(C)c1csc(C)n1. The molecule has 0 radical (unpaired) electrons. The first kappa shape index (κ1) is 14.1. The molecular formula is C12H21N3OS. The van der Waals surface area contributed by atoms with Gasteiger partial charge in [0.2, 0.25) is 5.91 Å². The first-order valence-corrected chi connectivity index (χ1v) is 6.76. The molecule has 1 rings (SSSR count). The van der Waals surface area contributed by atoms with Crippen LogP contribution in [-0.4, -0.2) is 35.4 Å². The van der Waals surface area contributed by atoms with Crippen LogP contribution in [0.15, 0.2) is 5.38 Å². The van der Waals surface area contributed by atoms with Gasteiger partial charge in [0.1, 0.15) is 0 Å². The summed E-state index contributed by atoms with van der Waals surface area (Å²) in [5.41, 5.74) is 1.01. The van der Waals surface area contributed by atoms with Crippen LogP contribution in [0.2, 0.25) is 0 Å². The minimum Gasteiger partial charge on any atom is -0.345 e. The highest BCUT2D eigenvalue weighted by Gasteiger charge is 2.19. The molecule has 0 spiro atoms. The average molecular weight is 255 g/mol. The van der Waals surface area contributed by atoms with Gasteiger partial charge in [0.25, 0.3) is 0 Å². The summed E-state index contributed by atoms with van der Waals surface area (Å²) in [5.74, 6) is 0.117. The molecule has 1 N–H and O–H groups in total. The third-order valence-electron chi connectivity index (χ3n) is 2.80. The van der Waals surface area contributed by atoms with E-state index in [9.17, 15) is 4.79 Å². The third kappa shape index (κ3) is 3.78. The Morgan fingerprint density at radius 2 is 2.24 bits per heavy atom. The number of aryl methyl sites for hydroxylation is 1. The summed E-state index contributed by atoms with van der Waals surface area (Å²) >= 11 is 1.63. The highest BCUT2D eigenvalue weighted by Crippen LogP contribution is 2.16. The van der Waals surface area contributed by atoms with E-state index in [0.717, 1.165) is 17.2 Å².